The summed E-state index contributed by atoms with van der Waals surface area (Å²) in [4.78, 5) is 23.3. The number of likely N-dealkylation sites (N-methyl/N-ethyl adjacent to an activating group) is 1. The maximum absolute atomic E-state index is 13.0. The molecule has 0 aromatic heterocycles. The Labute approximate surface area is 416 Å². The fraction of sp³-hybridized carbons (Fsp3) is 0.845. The van der Waals surface area contributed by atoms with Gasteiger partial charge < -0.3 is 19.8 Å². The molecule has 67 heavy (non-hydrogen) atoms. The molecule has 0 rings (SSSR count). The minimum Gasteiger partial charge on any atom is -0.387 e. The maximum atomic E-state index is 13.0. The molecule has 394 valence electrons. The predicted molar refractivity (Wildman–Crippen MR) is 291 cm³/mol. The van der Waals surface area contributed by atoms with Crippen LogP contribution in [-0.2, 0) is 18.4 Å². The second kappa shape index (κ2) is 49.4. The van der Waals surface area contributed by atoms with Crippen LogP contribution >= 0.6 is 7.82 Å². The van der Waals surface area contributed by atoms with Gasteiger partial charge in [0.05, 0.1) is 39.9 Å². The zero-order valence-corrected chi connectivity index (χ0v) is 45.8. The van der Waals surface area contributed by atoms with Crippen molar-refractivity contribution < 1.29 is 32.9 Å². The molecule has 0 saturated carbocycles. The molecule has 0 fully saturated rings. The lowest BCUT2D eigenvalue weighted by Crippen LogP contribution is -2.45. The van der Waals surface area contributed by atoms with Crippen LogP contribution in [0.25, 0.3) is 0 Å². The van der Waals surface area contributed by atoms with Gasteiger partial charge in [-0.2, -0.15) is 0 Å². The second-order valence-corrected chi connectivity index (χ2v) is 22.1. The summed E-state index contributed by atoms with van der Waals surface area (Å²) >= 11 is 0. The van der Waals surface area contributed by atoms with Crippen LogP contribution in [0.5, 0.6) is 0 Å². The molecular weight excluding hydrogens is 852 g/mol. The Bertz CT molecular complexity index is 1230. The van der Waals surface area contributed by atoms with Gasteiger partial charge in [0.15, 0.2) is 0 Å². The van der Waals surface area contributed by atoms with Crippen LogP contribution in [0.3, 0.4) is 0 Å². The van der Waals surface area contributed by atoms with Crippen molar-refractivity contribution in [2.45, 2.75) is 276 Å². The minimum atomic E-state index is -4.35. The smallest absolute Gasteiger partial charge is 0.387 e. The third kappa shape index (κ3) is 52.1. The highest BCUT2D eigenvalue weighted by atomic mass is 31.2. The number of hydrogen-bond donors (Lipinski definition) is 3. The molecule has 3 N–H and O–H groups in total. The average Bonchev–Trinajstić information content (AvgIpc) is 3.29. The summed E-state index contributed by atoms with van der Waals surface area (Å²) in [7, 11) is 1.56. The molecule has 0 aliphatic heterocycles. The van der Waals surface area contributed by atoms with Crippen molar-refractivity contribution in [2.24, 2.45) is 0 Å². The molecule has 8 nitrogen and oxygen atoms in total. The molecule has 0 radical (unpaired) electrons. The molecule has 0 bridgehead atoms. The summed E-state index contributed by atoms with van der Waals surface area (Å²) < 4.78 is 23.7. The Balaban J connectivity index is 4.25. The molecule has 0 spiro atoms. The van der Waals surface area contributed by atoms with E-state index < -0.39 is 20.0 Å². The highest BCUT2D eigenvalue weighted by Gasteiger charge is 2.27. The fourth-order valence-corrected chi connectivity index (χ4v) is 9.00. The molecule has 3 unspecified atom stereocenters. The first-order chi connectivity index (χ1) is 32.5. The van der Waals surface area contributed by atoms with Crippen molar-refractivity contribution in [3.63, 3.8) is 0 Å². The summed E-state index contributed by atoms with van der Waals surface area (Å²) in [5.41, 5.74) is 0. The van der Waals surface area contributed by atoms with Gasteiger partial charge in [0, 0.05) is 6.42 Å². The average molecular weight is 965 g/mol. The number of carbonyl (C=O) groups excluding carboxylic acids is 1. The molecule has 1 amide bonds. The summed E-state index contributed by atoms with van der Waals surface area (Å²) in [5.74, 6) is -0.186. The molecule has 0 aliphatic carbocycles. The van der Waals surface area contributed by atoms with Crippen LogP contribution in [0, 0.1) is 0 Å². The molecule has 0 saturated heterocycles. The molecule has 0 aromatic carbocycles. The summed E-state index contributed by atoms with van der Waals surface area (Å²) in [5, 5.41) is 13.9. The van der Waals surface area contributed by atoms with E-state index in [1.165, 1.54) is 199 Å². The fourth-order valence-electron chi connectivity index (χ4n) is 8.27. The number of nitrogens with zero attached hydrogens (tertiary/aromatic N) is 1. The SMILES string of the molecule is CCCCCCC/C=C\C/C=C\CCCCCCCCCCCCCCCC(=O)NC(COP(=O)(O)OCC[N+](C)(C)C)C(O)/C=C/CC/C=C/CCCCCCCCCCCCCCCC. The van der Waals surface area contributed by atoms with Gasteiger partial charge in [0.25, 0.3) is 0 Å². The molecular formula is C58H112N2O6P+. The highest BCUT2D eigenvalue weighted by Crippen LogP contribution is 2.43. The van der Waals surface area contributed by atoms with E-state index >= 15 is 0 Å². The highest BCUT2D eigenvalue weighted by molar-refractivity contribution is 7.47. The first-order valence-electron chi connectivity index (χ1n) is 28.5. The van der Waals surface area contributed by atoms with Gasteiger partial charge in [-0.15, -0.1) is 0 Å². The van der Waals surface area contributed by atoms with Crippen LogP contribution < -0.4 is 5.32 Å². The zero-order chi connectivity index (χ0) is 49.2. The van der Waals surface area contributed by atoms with E-state index in [4.69, 9.17) is 9.05 Å². The zero-order valence-electron chi connectivity index (χ0n) is 44.9. The number of phosphoric ester groups is 1. The van der Waals surface area contributed by atoms with Gasteiger partial charge in [-0.3, -0.25) is 13.8 Å². The summed E-state index contributed by atoms with van der Waals surface area (Å²) in [6.07, 6.45) is 64.9. The number of quaternary nitrogens is 1. The Morgan fingerprint density at radius 2 is 0.866 bits per heavy atom. The van der Waals surface area contributed by atoms with Crippen molar-refractivity contribution in [1.82, 2.24) is 5.32 Å². The largest absolute Gasteiger partial charge is 0.472 e. The van der Waals surface area contributed by atoms with Crippen LogP contribution in [-0.4, -0.2) is 73.4 Å². The van der Waals surface area contributed by atoms with Gasteiger partial charge in [-0.25, -0.2) is 4.57 Å². The molecule has 9 heteroatoms. The number of aliphatic hydroxyl groups is 1. The first kappa shape index (κ1) is 65.5. The van der Waals surface area contributed by atoms with E-state index in [-0.39, 0.29) is 19.1 Å². The van der Waals surface area contributed by atoms with Crippen LogP contribution in [0.15, 0.2) is 48.6 Å². The molecule has 3 atom stereocenters. The van der Waals surface area contributed by atoms with Crippen molar-refractivity contribution in [1.29, 1.82) is 0 Å². The van der Waals surface area contributed by atoms with Crippen molar-refractivity contribution in [3.05, 3.63) is 48.6 Å². The summed E-state index contributed by atoms with van der Waals surface area (Å²) in [6, 6.07) is -0.865. The topological polar surface area (TPSA) is 105 Å². The normalized spacial score (nSPS) is 14.3. The lowest BCUT2D eigenvalue weighted by molar-refractivity contribution is -0.870. The monoisotopic (exact) mass is 964 g/mol. The quantitative estimate of drug-likeness (QED) is 0.0243. The van der Waals surface area contributed by atoms with E-state index in [0.29, 0.717) is 17.4 Å². The Morgan fingerprint density at radius 1 is 0.507 bits per heavy atom. The van der Waals surface area contributed by atoms with E-state index in [1.54, 1.807) is 6.08 Å². The van der Waals surface area contributed by atoms with Crippen LogP contribution in [0.2, 0.25) is 0 Å². The van der Waals surface area contributed by atoms with Crippen LogP contribution in [0.4, 0.5) is 0 Å². The standard InChI is InChI=1S/C58H111N2O6P/c1-6-8-10-12-14-16-18-20-22-24-26-28-29-30-31-32-34-36-38-40-42-44-46-48-50-52-58(62)59-56(55-66-67(63,64)65-54-53-60(3,4)5)57(61)51-49-47-45-43-41-39-37-35-33-27-25-23-21-19-17-15-13-11-9-7-2/h18,20,24,26,41,43,49,51,56-57,61H,6-17,19,21-23,25,27-40,42,44-48,50,52-55H2,1-5H3,(H-,59,62,63,64)/p+1/b20-18-,26-24-,43-41+,51-49+. The number of allylic oxidation sites excluding steroid dienone is 7. The van der Waals surface area contributed by atoms with Crippen molar-refractivity contribution in [3.8, 4) is 0 Å². The Hall–Kier alpha value is -1.54. The number of nitrogens with one attached hydrogen (secondary N) is 1. The lowest BCUT2D eigenvalue weighted by atomic mass is 10.0. The maximum Gasteiger partial charge on any atom is 0.472 e. The van der Waals surface area contributed by atoms with E-state index in [1.807, 2.05) is 27.2 Å². The third-order valence-electron chi connectivity index (χ3n) is 12.8. The van der Waals surface area contributed by atoms with Gasteiger partial charge in [-0.1, -0.05) is 242 Å². The molecule has 0 heterocycles. The number of unbranched alkanes of at least 4 members (excludes halogenated alkanes) is 33. The number of hydrogen-bond acceptors (Lipinski definition) is 5. The Kier molecular flexibility index (Phi) is 48.3. The summed E-state index contributed by atoms with van der Waals surface area (Å²) in [6.45, 7) is 4.81. The van der Waals surface area contributed by atoms with E-state index in [9.17, 15) is 19.4 Å². The predicted octanol–water partition coefficient (Wildman–Crippen LogP) is 17.2. The van der Waals surface area contributed by atoms with Gasteiger partial charge in [0.1, 0.15) is 13.2 Å². The van der Waals surface area contributed by atoms with E-state index in [2.05, 4.69) is 55.6 Å². The third-order valence-corrected chi connectivity index (χ3v) is 13.8. The first-order valence-corrected chi connectivity index (χ1v) is 30.0. The number of carbonyl (C=O) groups is 1. The van der Waals surface area contributed by atoms with Gasteiger partial charge >= 0.3 is 7.82 Å². The second-order valence-electron chi connectivity index (χ2n) is 20.7. The van der Waals surface area contributed by atoms with Gasteiger partial charge in [-0.05, 0) is 64.2 Å². The lowest BCUT2D eigenvalue weighted by Gasteiger charge is -2.25. The van der Waals surface area contributed by atoms with E-state index in [0.717, 1.165) is 44.9 Å². The van der Waals surface area contributed by atoms with Gasteiger partial charge in [0.2, 0.25) is 5.91 Å². The van der Waals surface area contributed by atoms with Crippen LogP contribution in [0.1, 0.15) is 264 Å². The van der Waals surface area contributed by atoms with Crippen molar-refractivity contribution in [2.75, 3.05) is 40.9 Å². The number of rotatable bonds is 52. The number of phosphoric acid groups is 1. The minimum absolute atomic E-state index is 0.0558. The molecule has 0 aromatic rings. The molecule has 0 aliphatic rings. The number of amides is 1. The Morgan fingerprint density at radius 3 is 1.28 bits per heavy atom. The van der Waals surface area contributed by atoms with Crippen molar-refractivity contribution >= 4 is 13.7 Å². The number of aliphatic hydroxyl groups excluding tert-OH is 1.